The van der Waals surface area contributed by atoms with Gasteiger partial charge in [-0.3, -0.25) is 0 Å². The summed E-state index contributed by atoms with van der Waals surface area (Å²) in [7, 11) is 0. The van der Waals surface area contributed by atoms with E-state index in [1.807, 2.05) is 13.8 Å². The van der Waals surface area contributed by atoms with E-state index < -0.39 is 0 Å². The lowest BCUT2D eigenvalue weighted by molar-refractivity contribution is 0.0496. The molecule has 2 heteroatoms. The standard InChI is InChI=1S/C15H23NO.C2H6/c1-2-17-12-15(8-5-9-16)10-13-6-3-4-7-14(13)11-15;1-2/h3-4,6-7H,2,5,8-12,16H2,1H3;1-2H3. The van der Waals surface area contributed by atoms with Crippen LogP contribution in [-0.4, -0.2) is 19.8 Å². The highest BCUT2D eigenvalue weighted by Crippen LogP contribution is 2.40. The van der Waals surface area contributed by atoms with Gasteiger partial charge in [0.25, 0.3) is 0 Å². The normalized spacial score (nSPS) is 15.6. The molecule has 108 valence electrons. The Morgan fingerprint density at radius 3 is 2.21 bits per heavy atom. The highest BCUT2D eigenvalue weighted by atomic mass is 16.5. The summed E-state index contributed by atoms with van der Waals surface area (Å²) in [5.41, 5.74) is 8.97. The number of nitrogens with two attached hydrogens (primary N) is 1. The van der Waals surface area contributed by atoms with Crippen molar-refractivity contribution >= 4 is 0 Å². The van der Waals surface area contributed by atoms with Crippen molar-refractivity contribution in [3.63, 3.8) is 0 Å². The number of hydrogen-bond donors (Lipinski definition) is 1. The zero-order valence-electron chi connectivity index (χ0n) is 12.7. The van der Waals surface area contributed by atoms with Crippen LogP contribution in [-0.2, 0) is 17.6 Å². The first-order valence-corrected chi connectivity index (χ1v) is 7.64. The summed E-state index contributed by atoms with van der Waals surface area (Å²) in [6.07, 6.45) is 4.59. The number of rotatable bonds is 6. The van der Waals surface area contributed by atoms with Crippen molar-refractivity contribution in [3.05, 3.63) is 35.4 Å². The zero-order valence-corrected chi connectivity index (χ0v) is 12.7. The first-order chi connectivity index (χ1) is 9.29. The van der Waals surface area contributed by atoms with E-state index in [-0.39, 0.29) is 0 Å². The summed E-state index contributed by atoms with van der Waals surface area (Å²) in [6, 6.07) is 8.79. The second-order valence-electron chi connectivity index (χ2n) is 5.15. The lowest BCUT2D eigenvalue weighted by Crippen LogP contribution is -2.28. The van der Waals surface area contributed by atoms with Crippen molar-refractivity contribution in [1.82, 2.24) is 0 Å². The summed E-state index contributed by atoms with van der Waals surface area (Å²) >= 11 is 0. The summed E-state index contributed by atoms with van der Waals surface area (Å²) in [5, 5.41) is 0. The predicted octanol–water partition coefficient (Wildman–Crippen LogP) is 3.57. The van der Waals surface area contributed by atoms with Crippen molar-refractivity contribution in [2.45, 2.75) is 46.5 Å². The van der Waals surface area contributed by atoms with Crippen LogP contribution in [0.3, 0.4) is 0 Å². The molecule has 0 atom stereocenters. The fourth-order valence-electron chi connectivity index (χ4n) is 2.92. The second-order valence-corrected chi connectivity index (χ2v) is 5.15. The molecule has 0 fully saturated rings. The van der Waals surface area contributed by atoms with E-state index in [2.05, 4.69) is 31.2 Å². The number of hydrogen-bond acceptors (Lipinski definition) is 2. The molecule has 0 saturated carbocycles. The highest BCUT2D eigenvalue weighted by Gasteiger charge is 2.36. The SMILES string of the molecule is CC.CCOCC1(CCCN)Cc2ccccc2C1. The molecule has 0 spiro atoms. The Hall–Kier alpha value is -0.860. The Morgan fingerprint density at radius 1 is 1.16 bits per heavy atom. The van der Waals surface area contributed by atoms with Gasteiger partial charge in [0.15, 0.2) is 0 Å². The van der Waals surface area contributed by atoms with E-state index >= 15 is 0 Å². The van der Waals surface area contributed by atoms with Gasteiger partial charge in [0.1, 0.15) is 0 Å². The summed E-state index contributed by atoms with van der Waals surface area (Å²) < 4.78 is 5.71. The van der Waals surface area contributed by atoms with Crippen LogP contribution in [0.1, 0.15) is 44.7 Å². The van der Waals surface area contributed by atoms with Gasteiger partial charge in [-0.25, -0.2) is 0 Å². The average molecular weight is 263 g/mol. The molecular weight excluding hydrogens is 234 g/mol. The molecule has 1 aliphatic rings. The molecule has 0 saturated heterocycles. The van der Waals surface area contributed by atoms with Crippen molar-refractivity contribution in [3.8, 4) is 0 Å². The van der Waals surface area contributed by atoms with Gasteiger partial charge in [0.2, 0.25) is 0 Å². The fourth-order valence-corrected chi connectivity index (χ4v) is 2.92. The van der Waals surface area contributed by atoms with Gasteiger partial charge < -0.3 is 10.5 Å². The summed E-state index contributed by atoms with van der Waals surface area (Å²) in [4.78, 5) is 0. The lowest BCUT2D eigenvalue weighted by atomic mass is 9.81. The third-order valence-corrected chi connectivity index (χ3v) is 3.77. The molecule has 0 amide bonds. The first-order valence-electron chi connectivity index (χ1n) is 7.64. The molecule has 2 rings (SSSR count). The minimum atomic E-state index is 0.305. The fraction of sp³-hybridized carbons (Fsp3) is 0.647. The van der Waals surface area contributed by atoms with E-state index in [1.165, 1.54) is 17.5 Å². The number of fused-ring (bicyclic) bond motifs is 1. The molecule has 0 aliphatic heterocycles. The lowest BCUT2D eigenvalue weighted by Gasteiger charge is -2.28. The molecule has 0 bridgehead atoms. The Balaban J connectivity index is 0.000000861. The van der Waals surface area contributed by atoms with Crippen molar-refractivity contribution in [1.29, 1.82) is 0 Å². The maximum absolute atomic E-state index is 5.71. The molecule has 0 aromatic heterocycles. The number of benzene rings is 1. The minimum absolute atomic E-state index is 0.305. The minimum Gasteiger partial charge on any atom is -0.381 e. The average Bonchev–Trinajstić information content (AvgIpc) is 2.84. The van der Waals surface area contributed by atoms with Crippen molar-refractivity contribution in [2.24, 2.45) is 11.1 Å². The molecule has 0 radical (unpaired) electrons. The molecular formula is C17H29NO. The largest absolute Gasteiger partial charge is 0.381 e. The van der Waals surface area contributed by atoms with Crippen LogP contribution in [0.4, 0.5) is 0 Å². The van der Waals surface area contributed by atoms with Gasteiger partial charge in [-0.15, -0.1) is 0 Å². The maximum atomic E-state index is 5.71. The molecule has 2 nitrogen and oxygen atoms in total. The van der Waals surface area contributed by atoms with Gasteiger partial charge in [-0.2, -0.15) is 0 Å². The highest BCUT2D eigenvalue weighted by molar-refractivity contribution is 5.34. The molecule has 0 heterocycles. The van der Waals surface area contributed by atoms with Gasteiger partial charge in [-0.1, -0.05) is 38.1 Å². The molecule has 1 aliphatic carbocycles. The topological polar surface area (TPSA) is 35.2 Å². The molecule has 2 N–H and O–H groups in total. The Bertz CT molecular complexity index is 327. The molecule has 0 unspecified atom stereocenters. The second kappa shape index (κ2) is 8.34. The van der Waals surface area contributed by atoms with Crippen molar-refractivity contribution < 1.29 is 4.74 Å². The summed E-state index contributed by atoms with van der Waals surface area (Å²) in [6.45, 7) is 8.53. The van der Waals surface area contributed by atoms with E-state index in [1.54, 1.807) is 0 Å². The van der Waals surface area contributed by atoms with Crippen LogP contribution in [0.15, 0.2) is 24.3 Å². The van der Waals surface area contributed by atoms with E-state index in [0.29, 0.717) is 5.41 Å². The molecule has 1 aromatic rings. The quantitative estimate of drug-likeness (QED) is 0.851. The summed E-state index contributed by atoms with van der Waals surface area (Å²) in [5.74, 6) is 0. The number of ether oxygens (including phenoxy) is 1. The Kier molecular flexibility index (Phi) is 7.11. The van der Waals surface area contributed by atoms with Gasteiger partial charge in [0.05, 0.1) is 6.61 Å². The van der Waals surface area contributed by atoms with Crippen molar-refractivity contribution in [2.75, 3.05) is 19.8 Å². The third kappa shape index (κ3) is 4.32. The Morgan fingerprint density at radius 2 is 1.74 bits per heavy atom. The van der Waals surface area contributed by atoms with Gasteiger partial charge in [-0.05, 0) is 50.3 Å². The van der Waals surface area contributed by atoms with Crippen LogP contribution in [0.5, 0.6) is 0 Å². The third-order valence-electron chi connectivity index (χ3n) is 3.77. The van der Waals surface area contributed by atoms with E-state index in [4.69, 9.17) is 10.5 Å². The van der Waals surface area contributed by atoms with Crippen LogP contribution in [0.2, 0.25) is 0 Å². The van der Waals surface area contributed by atoms with Gasteiger partial charge in [0, 0.05) is 12.0 Å². The van der Waals surface area contributed by atoms with E-state index in [9.17, 15) is 0 Å². The molecule has 1 aromatic carbocycles. The van der Waals surface area contributed by atoms with E-state index in [0.717, 1.165) is 39.0 Å². The van der Waals surface area contributed by atoms with Crippen LogP contribution < -0.4 is 5.73 Å². The zero-order chi connectivity index (χ0) is 14.1. The van der Waals surface area contributed by atoms with Crippen LogP contribution in [0, 0.1) is 5.41 Å². The monoisotopic (exact) mass is 263 g/mol. The smallest absolute Gasteiger partial charge is 0.0528 e. The predicted molar refractivity (Wildman–Crippen MR) is 82.4 cm³/mol. The van der Waals surface area contributed by atoms with Crippen LogP contribution >= 0.6 is 0 Å². The first kappa shape index (κ1) is 16.2. The maximum Gasteiger partial charge on any atom is 0.0528 e. The van der Waals surface area contributed by atoms with Gasteiger partial charge >= 0.3 is 0 Å². The van der Waals surface area contributed by atoms with Crippen LogP contribution in [0.25, 0.3) is 0 Å². The Labute approximate surface area is 118 Å². The molecule has 19 heavy (non-hydrogen) atoms.